The topological polar surface area (TPSA) is 30.7 Å². The van der Waals surface area contributed by atoms with Gasteiger partial charge in [-0.1, -0.05) is 30.7 Å². The van der Waals surface area contributed by atoms with E-state index in [-0.39, 0.29) is 5.38 Å². The molecule has 3 rings (SSSR count). The second-order valence-corrected chi connectivity index (χ2v) is 6.03. The summed E-state index contributed by atoms with van der Waals surface area (Å²) in [6, 6.07) is 10.2. The van der Waals surface area contributed by atoms with E-state index in [1.807, 2.05) is 17.6 Å². The molecule has 1 aromatic carbocycles. The third-order valence-electron chi connectivity index (χ3n) is 3.45. The highest BCUT2D eigenvalue weighted by Gasteiger charge is 2.17. The molecule has 5 heteroatoms. The lowest BCUT2D eigenvalue weighted by Crippen LogP contribution is -2.02. The largest absolute Gasteiger partial charge is 0.279 e. The SMILES string of the molecule is CCc1ccc(-n2c(C(C)Cl)nc3cc(Cl)cnc32)cc1. The number of aryl methyl sites for hydroxylation is 1. The average molecular weight is 320 g/mol. The van der Waals surface area contributed by atoms with Crippen LogP contribution < -0.4 is 0 Å². The van der Waals surface area contributed by atoms with Crippen LogP contribution in [-0.4, -0.2) is 14.5 Å². The van der Waals surface area contributed by atoms with Crippen LogP contribution in [0.5, 0.6) is 0 Å². The number of hydrogen-bond acceptors (Lipinski definition) is 2. The predicted octanol–water partition coefficient (Wildman–Crippen LogP) is 4.94. The minimum absolute atomic E-state index is 0.219. The second-order valence-electron chi connectivity index (χ2n) is 4.94. The number of aromatic nitrogens is 3. The number of benzene rings is 1. The molecule has 0 radical (unpaired) electrons. The third-order valence-corrected chi connectivity index (χ3v) is 3.85. The molecule has 0 N–H and O–H groups in total. The first-order valence-electron chi connectivity index (χ1n) is 6.87. The zero-order valence-electron chi connectivity index (χ0n) is 11.8. The molecule has 0 aliphatic carbocycles. The van der Waals surface area contributed by atoms with Crippen LogP contribution in [-0.2, 0) is 6.42 Å². The van der Waals surface area contributed by atoms with Gasteiger partial charge in [-0.05, 0) is 37.1 Å². The van der Waals surface area contributed by atoms with Gasteiger partial charge in [0, 0.05) is 11.9 Å². The molecule has 0 aliphatic heterocycles. The zero-order valence-corrected chi connectivity index (χ0v) is 13.4. The molecule has 1 atom stereocenters. The molecule has 2 aromatic heterocycles. The number of imidazole rings is 1. The number of fused-ring (bicyclic) bond motifs is 1. The molecule has 0 bridgehead atoms. The van der Waals surface area contributed by atoms with Crippen molar-refractivity contribution in [2.75, 3.05) is 0 Å². The van der Waals surface area contributed by atoms with Gasteiger partial charge in [0.05, 0.1) is 10.4 Å². The van der Waals surface area contributed by atoms with E-state index in [1.165, 1.54) is 5.56 Å². The summed E-state index contributed by atoms with van der Waals surface area (Å²) in [6.07, 6.45) is 2.64. The van der Waals surface area contributed by atoms with E-state index in [2.05, 4.69) is 41.2 Å². The minimum atomic E-state index is -0.219. The number of halogens is 2. The molecule has 0 aliphatic rings. The predicted molar refractivity (Wildman–Crippen MR) is 87.5 cm³/mol. The van der Waals surface area contributed by atoms with E-state index in [1.54, 1.807) is 6.20 Å². The lowest BCUT2D eigenvalue weighted by molar-refractivity contribution is 0.876. The Kier molecular flexibility index (Phi) is 3.87. The van der Waals surface area contributed by atoms with Crippen molar-refractivity contribution in [1.29, 1.82) is 0 Å². The van der Waals surface area contributed by atoms with Gasteiger partial charge in [-0.2, -0.15) is 0 Å². The summed E-state index contributed by atoms with van der Waals surface area (Å²) in [6.45, 7) is 4.04. The highest BCUT2D eigenvalue weighted by Crippen LogP contribution is 2.28. The summed E-state index contributed by atoms with van der Waals surface area (Å²) >= 11 is 12.3. The van der Waals surface area contributed by atoms with E-state index in [9.17, 15) is 0 Å². The Bertz CT molecular complexity index is 776. The summed E-state index contributed by atoms with van der Waals surface area (Å²) < 4.78 is 1.99. The molecule has 2 heterocycles. The van der Waals surface area contributed by atoms with Crippen LogP contribution in [0.4, 0.5) is 0 Å². The van der Waals surface area contributed by atoms with Crippen LogP contribution in [0, 0.1) is 0 Å². The Morgan fingerprint density at radius 1 is 1.24 bits per heavy atom. The maximum Gasteiger partial charge on any atom is 0.164 e. The number of hydrogen-bond donors (Lipinski definition) is 0. The maximum absolute atomic E-state index is 6.28. The van der Waals surface area contributed by atoms with Crippen molar-refractivity contribution in [3.8, 4) is 5.69 Å². The van der Waals surface area contributed by atoms with Crippen molar-refractivity contribution < 1.29 is 0 Å². The molecule has 108 valence electrons. The average Bonchev–Trinajstić information content (AvgIpc) is 2.86. The molecule has 3 aromatic rings. The maximum atomic E-state index is 6.28. The first-order valence-corrected chi connectivity index (χ1v) is 7.69. The number of pyridine rings is 1. The Hall–Kier alpha value is -1.58. The first-order chi connectivity index (χ1) is 10.1. The van der Waals surface area contributed by atoms with E-state index in [0.29, 0.717) is 5.02 Å². The van der Waals surface area contributed by atoms with Gasteiger partial charge in [0.1, 0.15) is 11.3 Å². The molecule has 0 spiro atoms. The fraction of sp³-hybridized carbons (Fsp3) is 0.250. The Balaban J connectivity index is 2.25. The lowest BCUT2D eigenvalue weighted by atomic mass is 10.1. The number of alkyl halides is 1. The highest BCUT2D eigenvalue weighted by molar-refractivity contribution is 6.31. The summed E-state index contributed by atoms with van der Waals surface area (Å²) in [7, 11) is 0. The fourth-order valence-electron chi connectivity index (χ4n) is 2.36. The minimum Gasteiger partial charge on any atom is -0.279 e. The fourth-order valence-corrected chi connectivity index (χ4v) is 2.66. The highest BCUT2D eigenvalue weighted by atomic mass is 35.5. The van der Waals surface area contributed by atoms with Gasteiger partial charge >= 0.3 is 0 Å². The van der Waals surface area contributed by atoms with Crippen molar-refractivity contribution in [1.82, 2.24) is 14.5 Å². The molecular weight excluding hydrogens is 305 g/mol. The van der Waals surface area contributed by atoms with Crippen LogP contribution >= 0.6 is 23.2 Å². The van der Waals surface area contributed by atoms with Crippen LogP contribution in [0.3, 0.4) is 0 Å². The molecular formula is C16H15Cl2N3. The number of nitrogens with zero attached hydrogens (tertiary/aromatic N) is 3. The Morgan fingerprint density at radius 3 is 2.57 bits per heavy atom. The van der Waals surface area contributed by atoms with E-state index in [4.69, 9.17) is 23.2 Å². The van der Waals surface area contributed by atoms with E-state index >= 15 is 0 Å². The van der Waals surface area contributed by atoms with Crippen LogP contribution in [0.25, 0.3) is 16.9 Å². The van der Waals surface area contributed by atoms with Crippen LogP contribution in [0.1, 0.15) is 30.6 Å². The molecule has 0 saturated carbocycles. The molecule has 0 fully saturated rings. The Labute approximate surface area is 133 Å². The molecule has 0 saturated heterocycles. The van der Waals surface area contributed by atoms with E-state index < -0.39 is 0 Å². The monoisotopic (exact) mass is 319 g/mol. The van der Waals surface area contributed by atoms with Gasteiger partial charge in [0.15, 0.2) is 5.65 Å². The molecule has 0 amide bonds. The summed E-state index contributed by atoms with van der Waals surface area (Å²) in [5.74, 6) is 0.769. The van der Waals surface area contributed by atoms with Crippen LogP contribution in [0.2, 0.25) is 5.02 Å². The summed E-state index contributed by atoms with van der Waals surface area (Å²) in [5, 5.41) is 0.353. The molecule has 21 heavy (non-hydrogen) atoms. The zero-order chi connectivity index (χ0) is 15.0. The normalized spacial score (nSPS) is 12.8. The second kappa shape index (κ2) is 5.66. The molecule has 3 nitrogen and oxygen atoms in total. The van der Waals surface area contributed by atoms with Gasteiger partial charge < -0.3 is 0 Å². The standard InChI is InChI=1S/C16H15Cl2N3/c1-3-11-4-6-13(7-5-11)21-15(10(2)17)20-14-8-12(18)9-19-16(14)21/h4-10H,3H2,1-2H3. The van der Waals surface area contributed by atoms with Gasteiger partial charge in [-0.25, -0.2) is 9.97 Å². The van der Waals surface area contributed by atoms with Crippen molar-refractivity contribution in [2.45, 2.75) is 25.6 Å². The quantitative estimate of drug-likeness (QED) is 0.640. The third kappa shape index (κ3) is 2.63. The van der Waals surface area contributed by atoms with Crippen molar-refractivity contribution >= 4 is 34.4 Å². The van der Waals surface area contributed by atoms with Crippen molar-refractivity contribution in [3.05, 3.63) is 52.9 Å². The van der Waals surface area contributed by atoms with Gasteiger partial charge in [0.2, 0.25) is 0 Å². The number of rotatable bonds is 3. The first kappa shape index (κ1) is 14.4. The van der Waals surface area contributed by atoms with Crippen molar-refractivity contribution in [3.63, 3.8) is 0 Å². The van der Waals surface area contributed by atoms with Crippen LogP contribution in [0.15, 0.2) is 36.5 Å². The summed E-state index contributed by atoms with van der Waals surface area (Å²) in [4.78, 5) is 8.99. The van der Waals surface area contributed by atoms with Crippen molar-refractivity contribution in [2.24, 2.45) is 0 Å². The Morgan fingerprint density at radius 2 is 1.95 bits per heavy atom. The van der Waals surface area contributed by atoms with Gasteiger partial charge in [0.25, 0.3) is 0 Å². The lowest BCUT2D eigenvalue weighted by Gasteiger charge is -2.10. The smallest absolute Gasteiger partial charge is 0.164 e. The van der Waals surface area contributed by atoms with E-state index in [0.717, 1.165) is 29.1 Å². The summed E-state index contributed by atoms with van der Waals surface area (Å²) in [5.41, 5.74) is 3.82. The van der Waals surface area contributed by atoms with Gasteiger partial charge in [-0.15, -0.1) is 11.6 Å². The molecule has 1 unspecified atom stereocenters. The van der Waals surface area contributed by atoms with Gasteiger partial charge in [-0.3, -0.25) is 4.57 Å².